The number of nitrogens with one attached hydrogen (secondary N) is 2. The number of halogens is 1. The predicted octanol–water partition coefficient (Wildman–Crippen LogP) is 2.93. The summed E-state index contributed by atoms with van der Waals surface area (Å²) in [6.07, 6.45) is 2.45. The number of nitrogens with two attached hydrogens (primary N) is 2. The molecular weight excluding hydrogens is 555 g/mol. The smallest absolute Gasteiger partial charge is 0.275 e. The zero-order valence-electron chi connectivity index (χ0n) is 24.6. The lowest BCUT2D eigenvalue weighted by Crippen LogP contribution is -2.36. The first-order chi connectivity index (χ1) is 19.3. The largest absolute Gasteiger partial charge is 0.492 e. The Morgan fingerprint density at radius 3 is 2.46 bits per heavy atom. The summed E-state index contributed by atoms with van der Waals surface area (Å²) in [5, 5.41) is 5.93. The van der Waals surface area contributed by atoms with Crippen molar-refractivity contribution in [3.63, 3.8) is 0 Å². The average molecular weight is 603 g/mol. The fourth-order valence-corrected chi connectivity index (χ4v) is 4.72. The van der Waals surface area contributed by atoms with Crippen molar-refractivity contribution in [3.05, 3.63) is 51.9 Å². The molecule has 6 N–H and O–H groups in total. The van der Waals surface area contributed by atoms with Crippen LogP contribution >= 0.6 is 0 Å². The highest BCUT2D eigenvalue weighted by Crippen LogP contribution is 2.33. The molecule has 232 valence electrons. The third kappa shape index (κ3) is 10.6. The summed E-state index contributed by atoms with van der Waals surface area (Å²) in [5.41, 5.74) is 10.5. The number of rotatable bonds is 15. The first kappa shape index (κ1) is 35.2. The number of carbonyl (C=O) groups is 1. The molecule has 0 atom stereocenters. The van der Waals surface area contributed by atoms with Gasteiger partial charge < -0.3 is 30.9 Å². The number of benzene rings is 1. The second-order valence-electron chi connectivity index (χ2n) is 9.69. The third-order valence-electron chi connectivity index (χ3n) is 6.28. The molecule has 1 heterocycles. The minimum atomic E-state index is -4.22. The van der Waals surface area contributed by atoms with Crippen LogP contribution in [0.2, 0.25) is 0 Å². The number of oxime groups is 1. The number of hydrogen-bond acceptors (Lipinski definition) is 7. The number of anilines is 1. The topological polar surface area (TPSA) is 180 Å². The molecule has 41 heavy (non-hydrogen) atoms. The van der Waals surface area contributed by atoms with E-state index in [1.807, 2.05) is 33.8 Å². The van der Waals surface area contributed by atoms with Crippen molar-refractivity contribution in [2.75, 3.05) is 24.5 Å². The highest BCUT2D eigenvalue weighted by molar-refractivity contribution is 7.92. The molecule has 0 spiro atoms. The Kier molecular flexibility index (Phi) is 14.1. The number of unbranched alkanes of at least 4 members (excludes halogenated alkanes) is 1. The van der Waals surface area contributed by atoms with Crippen LogP contribution in [0.4, 0.5) is 10.4 Å². The number of pyridine rings is 1. The number of aromatic nitrogens is 1. The number of aryl methyl sites for hydroxylation is 1. The number of ether oxygens (including phenoxy) is 1. The van der Waals surface area contributed by atoms with Gasteiger partial charge in [-0.05, 0) is 60.2 Å². The molecule has 2 rings (SSSR count). The van der Waals surface area contributed by atoms with Gasteiger partial charge in [-0.25, -0.2) is 8.42 Å². The van der Waals surface area contributed by atoms with Gasteiger partial charge in [0.05, 0.1) is 13.2 Å². The van der Waals surface area contributed by atoms with Gasteiger partial charge in [-0.2, -0.15) is 0 Å². The van der Waals surface area contributed by atoms with E-state index >= 15 is 0 Å². The number of carbonyl (C=O) groups excluding carboxylic acids is 1. The Labute approximate surface area is 243 Å². The molecule has 12 nitrogen and oxygen atoms in total. The highest BCUT2D eigenvalue weighted by atomic mass is 32.2. The van der Waals surface area contributed by atoms with Crippen LogP contribution in [0.25, 0.3) is 0 Å². The van der Waals surface area contributed by atoms with Crippen LogP contribution in [0.1, 0.15) is 65.6 Å². The van der Waals surface area contributed by atoms with E-state index in [9.17, 15) is 18.0 Å². The monoisotopic (exact) mass is 602 g/mol. The zero-order chi connectivity index (χ0) is 31.2. The van der Waals surface area contributed by atoms with Gasteiger partial charge in [0.1, 0.15) is 29.5 Å². The fourth-order valence-electron chi connectivity index (χ4n) is 3.49. The standard InChI is InChI=1S/C26H40N6O6S.CH4.FH/c1-6-8-14-37-21-12-10-19(26(4,5)7-2)16-22(21)39(35,36)31-20-11-9-18(3)32(24(20)34)17-23(33)29-13-15-38-30-25(27)28;;/h9-12,16,31H,6-8,13-15,17H2,1-5H3,(H,29,33)(H4,27,28,30);1H4;1H/i/hT. The van der Waals surface area contributed by atoms with Crippen LogP contribution in [-0.2, 0) is 31.6 Å². The lowest BCUT2D eigenvalue weighted by molar-refractivity contribution is -0.122. The first-order valence-corrected chi connectivity index (χ1v) is 14.3. The SMILES string of the molecule is C.CCCCOc1ccc(C(C)(C)CC)cc1S(=O)(=O)Nc1ccc(C)n(CC(=O)NCCON=C(N)N)c1=O.[3H]F. The molecule has 14 heteroatoms. The molecule has 1 amide bonds. The molecule has 0 radical (unpaired) electrons. The Balaban J connectivity index is 0.00000548. The second-order valence-corrected chi connectivity index (χ2v) is 11.3. The summed E-state index contributed by atoms with van der Waals surface area (Å²) >= 11 is 0. The molecule has 0 bridgehead atoms. The summed E-state index contributed by atoms with van der Waals surface area (Å²) < 4.78 is 49.6. The van der Waals surface area contributed by atoms with Crippen molar-refractivity contribution >= 4 is 27.6 Å². The van der Waals surface area contributed by atoms with Gasteiger partial charge in [0.15, 0.2) is 0 Å². The number of hydrogen-bond donors (Lipinski definition) is 4. The normalized spacial score (nSPS) is 11.1. The summed E-state index contributed by atoms with van der Waals surface area (Å²) in [5.74, 6) is -0.515. The van der Waals surface area contributed by atoms with Gasteiger partial charge in [0.25, 0.3) is 17.0 Å². The summed E-state index contributed by atoms with van der Waals surface area (Å²) in [6.45, 7) is 9.90. The van der Waals surface area contributed by atoms with Gasteiger partial charge in [-0.1, -0.05) is 47.6 Å². The summed E-state index contributed by atoms with van der Waals surface area (Å²) in [4.78, 5) is 30.4. The molecule has 1 aromatic heterocycles. The van der Waals surface area contributed by atoms with E-state index in [2.05, 4.69) is 16.6 Å². The summed E-state index contributed by atoms with van der Waals surface area (Å²) in [6, 6.07) is 8.06. The molecule has 2 aromatic rings. The lowest BCUT2D eigenvalue weighted by atomic mass is 9.82. The summed E-state index contributed by atoms with van der Waals surface area (Å²) in [7, 11) is -4.22. The van der Waals surface area contributed by atoms with Gasteiger partial charge in [0.2, 0.25) is 11.9 Å². The van der Waals surface area contributed by atoms with Crippen molar-refractivity contribution in [2.45, 2.75) is 78.2 Å². The highest BCUT2D eigenvalue weighted by Gasteiger charge is 2.26. The number of sulfonamides is 1. The van der Waals surface area contributed by atoms with E-state index in [0.717, 1.165) is 24.8 Å². The van der Waals surface area contributed by atoms with E-state index in [-0.39, 0.29) is 54.8 Å². The lowest BCUT2D eigenvalue weighted by Gasteiger charge is -2.25. The van der Waals surface area contributed by atoms with Crippen LogP contribution in [0.3, 0.4) is 0 Å². The van der Waals surface area contributed by atoms with E-state index < -0.39 is 21.5 Å². The Bertz CT molecular complexity index is 1350. The van der Waals surface area contributed by atoms with Crippen LogP contribution < -0.4 is 31.8 Å². The maximum Gasteiger partial charge on any atom is 0.275 e. The number of nitrogens with zero attached hydrogens (tertiary/aromatic N) is 2. The maximum atomic E-state index is 13.6. The van der Waals surface area contributed by atoms with E-state index in [1.54, 1.807) is 25.1 Å². The van der Waals surface area contributed by atoms with Crippen molar-refractivity contribution in [3.8, 4) is 5.75 Å². The number of amides is 1. The molecule has 0 unspecified atom stereocenters. The van der Waals surface area contributed by atoms with E-state index in [1.165, 1.54) is 10.6 Å². The minimum Gasteiger partial charge on any atom is -0.492 e. The Morgan fingerprint density at radius 1 is 1.17 bits per heavy atom. The van der Waals surface area contributed by atoms with Crippen LogP contribution in [0.5, 0.6) is 5.75 Å². The van der Waals surface area contributed by atoms with Crippen molar-refractivity contribution in [1.29, 1.82) is 1.45 Å². The average Bonchev–Trinajstić information content (AvgIpc) is 2.93. The number of guanidine groups is 1. The van der Waals surface area contributed by atoms with Crippen molar-refractivity contribution < 1.29 is 27.5 Å². The van der Waals surface area contributed by atoms with Gasteiger partial charge in [-0.15, -0.1) is 0 Å². The minimum absolute atomic E-state index is 0. The van der Waals surface area contributed by atoms with Crippen LogP contribution in [0, 0.1) is 6.92 Å². The van der Waals surface area contributed by atoms with E-state index in [0.29, 0.717) is 12.3 Å². The second kappa shape index (κ2) is 16.5. The van der Waals surface area contributed by atoms with E-state index in [4.69, 9.17) is 25.8 Å². The third-order valence-corrected chi connectivity index (χ3v) is 7.66. The first-order valence-electron chi connectivity index (χ1n) is 13.2. The van der Waals surface area contributed by atoms with Crippen LogP contribution in [-0.4, -0.2) is 46.1 Å². The van der Waals surface area contributed by atoms with Crippen molar-refractivity contribution in [1.82, 2.24) is 9.88 Å². The maximum absolute atomic E-state index is 13.6. The van der Waals surface area contributed by atoms with Gasteiger partial charge in [0, 0.05) is 5.69 Å². The molecule has 0 aliphatic heterocycles. The fraction of sp³-hybridized carbons (Fsp3) is 0.519. The zero-order valence-corrected chi connectivity index (χ0v) is 24.4. The molecule has 1 aromatic carbocycles. The quantitative estimate of drug-likeness (QED) is 0.104. The van der Waals surface area contributed by atoms with Gasteiger partial charge >= 0.3 is 0 Å². The molecule has 0 saturated carbocycles. The molecule has 0 aliphatic carbocycles. The molecular formula is C27H45FN6O6S. The molecule has 0 fully saturated rings. The van der Waals surface area contributed by atoms with Crippen molar-refractivity contribution in [2.24, 2.45) is 16.6 Å². The molecule has 0 saturated heterocycles. The molecule has 0 aliphatic rings. The Hall–Kier alpha value is -3.81. The Morgan fingerprint density at radius 2 is 1.85 bits per heavy atom. The van der Waals surface area contributed by atoms with Gasteiger partial charge in [-0.3, -0.25) is 19.0 Å². The predicted molar refractivity (Wildman–Crippen MR) is 160 cm³/mol. The van der Waals surface area contributed by atoms with Crippen LogP contribution in [0.15, 0.2) is 45.2 Å².